The van der Waals surface area contributed by atoms with E-state index >= 15 is 0 Å². The molecule has 0 fully saturated rings. The van der Waals surface area contributed by atoms with Gasteiger partial charge in [0.15, 0.2) is 0 Å². The fourth-order valence-corrected chi connectivity index (χ4v) is 1.57. The van der Waals surface area contributed by atoms with E-state index in [1.807, 2.05) is 0 Å². The van der Waals surface area contributed by atoms with Crippen LogP contribution < -0.4 is 0 Å². The first-order valence-electron chi connectivity index (χ1n) is 4.59. The van der Waals surface area contributed by atoms with Crippen LogP contribution in [0.2, 0.25) is 5.02 Å². The lowest BCUT2D eigenvalue weighted by Crippen LogP contribution is -1.91. The Morgan fingerprint density at radius 2 is 1.88 bits per heavy atom. The Balaban J connectivity index is 2.55. The standard InChI is InChI=1S/C12H7ClNO2/c13-10-7-5-9(6-8-10)11-3-1-2-4-12(11)14(15)16/h1,3-8H. The van der Waals surface area contributed by atoms with Crippen molar-refractivity contribution in [3.63, 3.8) is 0 Å². The number of hydrogen-bond donors (Lipinski definition) is 0. The van der Waals surface area contributed by atoms with Crippen LogP contribution in [0.25, 0.3) is 11.1 Å². The Hall–Kier alpha value is -1.87. The Morgan fingerprint density at radius 1 is 1.19 bits per heavy atom. The highest BCUT2D eigenvalue weighted by atomic mass is 35.5. The molecule has 0 spiro atoms. The van der Waals surface area contributed by atoms with Gasteiger partial charge in [-0.1, -0.05) is 29.8 Å². The fourth-order valence-electron chi connectivity index (χ4n) is 1.45. The lowest BCUT2D eigenvalue weighted by molar-refractivity contribution is -0.384. The molecule has 0 N–H and O–H groups in total. The van der Waals surface area contributed by atoms with E-state index in [0.717, 1.165) is 5.56 Å². The molecule has 0 aliphatic carbocycles. The Kier molecular flexibility index (Phi) is 2.88. The summed E-state index contributed by atoms with van der Waals surface area (Å²) >= 11 is 5.76. The monoisotopic (exact) mass is 232 g/mol. The summed E-state index contributed by atoms with van der Waals surface area (Å²) in [6, 6.07) is 14.3. The molecule has 0 unspecified atom stereocenters. The maximum absolute atomic E-state index is 10.8. The minimum Gasteiger partial charge on any atom is -0.258 e. The van der Waals surface area contributed by atoms with Crippen LogP contribution in [0.1, 0.15) is 0 Å². The summed E-state index contributed by atoms with van der Waals surface area (Å²) in [7, 11) is 0. The summed E-state index contributed by atoms with van der Waals surface area (Å²) in [5.41, 5.74) is 1.38. The Bertz CT molecular complexity index is 523. The van der Waals surface area contributed by atoms with Crippen molar-refractivity contribution in [2.45, 2.75) is 0 Å². The van der Waals surface area contributed by atoms with E-state index in [-0.39, 0.29) is 5.69 Å². The van der Waals surface area contributed by atoms with Crippen LogP contribution in [0.3, 0.4) is 0 Å². The van der Waals surface area contributed by atoms with E-state index < -0.39 is 4.92 Å². The van der Waals surface area contributed by atoms with Gasteiger partial charge in [-0.15, -0.1) is 0 Å². The third kappa shape index (κ3) is 2.04. The second-order valence-electron chi connectivity index (χ2n) is 3.21. The molecule has 0 atom stereocenters. The predicted octanol–water partition coefficient (Wildman–Crippen LogP) is 3.72. The van der Waals surface area contributed by atoms with Gasteiger partial charge in [0.05, 0.1) is 10.5 Å². The topological polar surface area (TPSA) is 43.1 Å². The zero-order chi connectivity index (χ0) is 11.5. The quantitative estimate of drug-likeness (QED) is 0.585. The van der Waals surface area contributed by atoms with Gasteiger partial charge in [0, 0.05) is 11.1 Å². The number of nitro benzene ring substituents is 1. The summed E-state index contributed by atoms with van der Waals surface area (Å²) in [4.78, 5) is 10.4. The van der Waals surface area contributed by atoms with E-state index in [1.165, 1.54) is 6.07 Å². The van der Waals surface area contributed by atoms with E-state index in [0.29, 0.717) is 10.6 Å². The predicted molar refractivity (Wildman–Crippen MR) is 62.4 cm³/mol. The van der Waals surface area contributed by atoms with Gasteiger partial charge in [-0.3, -0.25) is 10.1 Å². The van der Waals surface area contributed by atoms with Gasteiger partial charge in [-0.25, -0.2) is 0 Å². The van der Waals surface area contributed by atoms with E-state index in [2.05, 4.69) is 6.07 Å². The van der Waals surface area contributed by atoms with Gasteiger partial charge < -0.3 is 0 Å². The smallest absolute Gasteiger partial charge is 0.258 e. The molecule has 0 saturated heterocycles. The van der Waals surface area contributed by atoms with Crippen molar-refractivity contribution < 1.29 is 4.92 Å². The first kappa shape index (κ1) is 10.6. The summed E-state index contributed by atoms with van der Waals surface area (Å²) in [5, 5.41) is 11.4. The third-order valence-corrected chi connectivity index (χ3v) is 2.45. The molecule has 0 aliphatic rings. The molecule has 2 aromatic carbocycles. The lowest BCUT2D eigenvalue weighted by Gasteiger charge is -2.02. The van der Waals surface area contributed by atoms with Gasteiger partial charge in [-0.2, -0.15) is 0 Å². The molecule has 2 rings (SSSR count). The van der Waals surface area contributed by atoms with Crippen molar-refractivity contribution in [1.82, 2.24) is 0 Å². The number of benzene rings is 2. The maximum atomic E-state index is 10.8. The summed E-state index contributed by atoms with van der Waals surface area (Å²) < 4.78 is 0. The third-order valence-electron chi connectivity index (χ3n) is 2.19. The Morgan fingerprint density at radius 3 is 2.50 bits per heavy atom. The molecule has 16 heavy (non-hydrogen) atoms. The number of halogens is 1. The van der Waals surface area contributed by atoms with Crippen LogP contribution in [0.15, 0.2) is 42.5 Å². The average molecular weight is 233 g/mol. The van der Waals surface area contributed by atoms with Crippen molar-refractivity contribution in [3.05, 3.63) is 63.7 Å². The summed E-state index contributed by atoms with van der Waals surface area (Å²) in [6.45, 7) is 0. The molecular formula is C12H7ClNO2. The van der Waals surface area contributed by atoms with Crippen molar-refractivity contribution >= 4 is 17.3 Å². The highest BCUT2D eigenvalue weighted by molar-refractivity contribution is 6.30. The lowest BCUT2D eigenvalue weighted by atomic mass is 10.0. The van der Waals surface area contributed by atoms with Gasteiger partial charge in [0.25, 0.3) is 5.69 Å². The zero-order valence-electron chi connectivity index (χ0n) is 8.18. The molecule has 0 aromatic heterocycles. The van der Waals surface area contributed by atoms with Gasteiger partial charge >= 0.3 is 0 Å². The van der Waals surface area contributed by atoms with Gasteiger partial charge in [0.1, 0.15) is 0 Å². The number of hydrogen-bond acceptors (Lipinski definition) is 2. The molecule has 0 saturated carbocycles. The SMILES string of the molecule is O=[N+]([O-])c1c[c]ccc1-c1ccc(Cl)cc1. The molecular weight excluding hydrogens is 226 g/mol. The van der Waals surface area contributed by atoms with Crippen molar-refractivity contribution in [1.29, 1.82) is 0 Å². The molecule has 79 valence electrons. The van der Waals surface area contributed by atoms with Crippen molar-refractivity contribution in [3.8, 4) is 11.1 Å². The normalized spacial score (nSPS) is 10.1. The minimum absolute atomic E-state index is 0.0461. The second kappa shape index (κ2) is 4.33. The van der Waals surface area contributed by atoms with Crippen molar-refractivity contribution in [2.24, 2.45) is 0 Å². The Labute approximate surface area is 97.4 Å². The van der Waals surface area contributed by atoms with Crippen LogP contribution in [-0.2, 0) is 0 Å². The number of nitrogens with zero attached hydrogens (tertiary/aromatic N) is 1. The van der Waals surface area contributed by atoms with Crippen LogP contribution in [0.4, 0.5) is 5.69 Å². The average Bonchev–Trinajstić information content (AvgIpc) is 2.30. The minimum atomic E-state index is -0.416. The van der Waals surface area contributed by atoms with E-state index in [4.69, 9.17) is 11.6 Å². The first-order chi connectivity index (χ1) is 7.68. The van der Waals surface area contributed by atoms with E-state index in [9.17, 15) is 10.1 Å². The van der Waals surface area contributed by atoms with Crippen LogP contribution in [0.5, 0.6) is 0 Å². The molecule has 0 amide bonds. The molecule has 3 nitrogen and oxygen atoms in total. The molecule has 2 aromatic rings. The van der Waals surface area contributed by atoms with Crippen molar-refractivity contribution in [2.75, 3.05) is 0 Å². The van der Waals surface area contributed by atoms with Gasteiger partial charge in [0.2, 0.25) is 0 Å². The molecule has 0 aliphatic heterocycles. The molecule has 0 bridgehead atoms. The van der Waals surface area contributed by atoms with Crippen LogP contribution in [-0.4, -0.2) is 4.92 Å². The summed E-state index contributed by atoms with van der Waals surface area (Å²) in [5.74, 6) is 0. The number of nitro groups is 1. The number of rotatable bonds is 2. The second-order valence-corrected chi connectivity index (χ2v) is 3.64. The largest absolute Gasteiger partial charge is 0.277 e. The van der Waals surface area contributed by atoms with Crippen LogP contribution in [0, 0.1) is 16.2 Å². The molecule has 0 heterocycles. The maximum Gasteiger partial charge on any atom is 0.277 e. The summed E-state index contributed by atoms with van der Waals surface area (Å²) in [6.07, 6.45) is 0. The molecule has 4 heteroatoms. The highest BCUT2D eigenvalue weighted by Crippen LogP contribution is 2.29. The van der Waals surface area contributed by atoms with Crippen LogP contribution >= 0.6 is 11.6 Å². The molecule has 1 radical (unpaired) electrons. The van der Waals surface area contributed by atoms with Gasteiger partial charge in [-0.05, 0) is 29.8 Å². The fraction of sp³-hybridized carbons (Fsp3) is 0. The first-order valence-corrected chi connectivity index (χ1v) is 4.97. The van der Waals surface area contributed by atoms with E-state index in [1.54, 1.807) is 36.4 Å². The highest BCUT2D eigenvalue weighted by Gasteiger charge is 2.13. The zero-order valence-corrected chi connectivity index (χ0v) is 8.94.